The molecule has 1 aromatic heterocycles. The number of nitrogens with one attached hydrogen (secondary N) is 1. The van der Waals surface area contributed by atoms with Gasteiger partial charge in [0.25, 0.3) is 0 Å². The zero-order chi connectivity index (χ0) is 9.68. The van der Waals surface area contributed by atoms with E-state index in [2.05, 4.69) is 35.6 Å². The van der Waals surface area contributed by atoms with E-state index in [4.69, 9.17) is 0 Å². The number of anilines is 1. The highest BCUT2D eigenvalue weighted by Gasteiger charge is 2.01. The van der Waals surface area contributed by atoms with E-state index in [0.717, 1.165) is 13.1 Å². The van der Waals surface area contributed by atoms with Gasteiger partial charge in [-0.1, -0.05) is 0 Å². The minimum Gasteiger partial charge on any atom is -0.374 e. The molecule has 0 saturated heterocycles. The van der Waals surface area contributed by atoms with Crippen LogP contribution >= 0.6 is 11.3 Å². The van der Waals surface area contributed by atoms with E-state index in [-0.39, 0.29) is 0 Å². The maximum absolute atomic E-state index is 3.16. The van der Waals surface area contributed by atoms with Gasteiger partial charge in [0.1, 0.15) is 0 Å². The van der Waals surface area contributed by atoms with Gasteiger partial charge in [-0.15, -0.1) is 11.3 Å². The molecule has 0 aliphatic heterocycles. The van der Waals surface area contributed by atoms with E-state index in [1.807, 2.05) is 18.4 Å². The van der Waals surface area contributed by atoms with Crippen molar-refractivity contribution in [1.82, 2.24) is 5.32 Å². The maximum atomic E-state index is 3.16. The van der Waals surface area contributed by atoms with Gasteiger partial charge in [-0.2, -0.15) is 0 Å². The number of thiophene rings is 1. The van der Waals surface area contributed by atoms with E-state index >= 15 is 0 Å². The quantitative estimate of drug-likeness (QED) is 0.729. The van der Waals surface area contributed by atoms with Gasteiger partial charge >= 0.3 is 0 Å². The van der Waals surface area contributed by atoms with Gasteiger partial charge in [0.2, 0.25) is 0 Å². The molecule has 0 aliphatic rings. The number of hydrogen-bond donors (Lipinski definition) is 1. The summed E-state index contributed by atoms with van der Waals surface area (Å²) in [6.45, 7) is 4.36. The zero-order valence-electron chi connectivity index (χ0n) is 8.63. The summed E-state index contributed by atoms with van der Waals surface area (Å²) in [5.41, 5.74) is 1.35. The highest BCUT2D eigenvalue weighted by Crippen LogP contribution is 2.21. The summed E-state index contributed by atoms with van der Waals surface area (Å²) in [5.74, 6) is 0. The van der Waals surface area contributed by atoms with Crippen molar-refractivity contribution < 1.29 is 0 Å². The Hall–Kier alpha value is -0.540. The number of hydrogen-bond acceptors (Lipinski definition) is 3. The average Bonchev–Trinajstić information content (AvgIpc) is 2.52. The van der Waals surface area contributed by atoms with Crippen molar-refractivity contribution in [3.05, 3.63) is 16.3 Å². The fourth-order valence-electron chi connectivity index (χ4n) is 1.25. The van der Waals surface area contributed by atoms with Crippen molar-refractivity contribution in [3.63, 3.8) is 0 Å². The van der Waals surface area contributed by atoms with Crippen LogP contribution in [0.15, 0.2) is 11.4 Å². The van der Waals surface area contributed by atoms with E-state index in [1.165, 1.54) is 17.0 Å². The smallest absolute Gasteiger partial charge is 0.0475 e. The highest BCUT2D eigenvalue weighted by molar-refractivity contribution is 7.10. The first kappa shape index (κ1) is 10.5. The molecule has 3 heteroatoms. The minimum absolute atomic E-state index is 1.09. The van der Waals surface area contributed by atoms with Crippen LogP contribution in [0.2, 0.25) is 0 Å². The van der Waals surface area contributed by atoms with Crippen LogP contribution in [0, 0.1) is 6.92 Å². The van der Waals surface area contributed by atoms with E-state index in [0.29, 0.717) is 0 Å². The second-order valence-corrected chi connectivity index (χ2v) is 4.41. The van der Waals surface area contributed by atoms with Crippen molar-refractivity contribution in [2.24, 2.45) is 0 Å². The van der Waals surface area contributed by atoms with E-state index < -0.39 is 0 Å². The van der Waals surface area contributed by atoms with Gasteiger partial charge in [0, 0.05) is 29.5 Å². The molecule has 0 amide bonds. The Morgan fingerprint density at radius 1 is 1.54 bits per heavy atom. The van der Waals surface area contributed by atoms with Crippen molar-refractivity contribution >= 4 is 17.0 Å². The van der Waals surface area contributed by atoms with E-state index in [1.54, 1.807) is 0 Å². The van der Waals surface area contributed by atoms with Crippen LogP contribution in [0.25, 0.3) is 0 Å². The van der Waals surface area contributed by atoms with Gasteiger partial charge in [0.15, 0.2) is 0 Å². The van der Waals surface area contributed by atoms with Crippen molar-refractivity contribution in [1.29, 1.82) is 0 Å². The van der Waals surface area contributed by atoms with Gasteiger partial charge in [-0.3, -0.25) is 0 Å². The molecule has 1 N–H and O–H groups in total. The number of nitrogens with zero attached hydrogens (tertiary/aromatic N) is 1. The molecule has 2 nitrogen and oxygen atoms in total. The molecule has 0 aromatic carbocycles. The lowest BCUT2D eigenvalue weighted by Crippen LogP contribution is -2.21. The summed E-state index contributed by atoms with van der Waals surface area (Å²) >= 11 is 1.81. The Balaban J connectivity index is 2.35. The molecule has 0 fully saturated rings. The molecule has 1 heterocycles. The molecule has 1 rings (SSSR count). The third kappa shape index (κ3) is 3.36. The van der Waals surface area contributed by atoms with Crippen LogP contribution in [-0.4, -0.2) is 27.2 Å². The fraction of sp³-hybridized carbons (Fsp3) is 0.600. The number of aryl methyl sites for hydroxylation is 1. The molecule has 74 valence electrons. The molecule has 0 bridgehead atoms. The van der Waals surface area contributed by atoms with E-state index in [9.17, 15) is 0 Å². The summed E-state index contributed by atoms with van der Waals surface area (Å²) in [7, 11) is 4.14. The average molecular weight is 198 g/mol. The lowest BCUT2D eigenvalue weighted by Gasteiger charge is -2.16. The maximum Gasteiger partial charge on any atom is 0.0475 e. The van der Waals surface area contributed by atoms with Crippen LogP contribution in [0.3, 0.4) is 0 Å². The highest BCUT2D eigenvalue weighted by atomic mass is 32.1. The molecular formula is C10H18N2S. The Morgan fingerprint density at radius 3 is 2.85 bits per heavy atom. The monoisotopic (exact) mass is 198 g/mol. The molecule has 0 radical (unpaired) electrons. The molecule has 0 spiro atoms. The first-order chi connectivity index (χ1) is 6.24. The predicted molar refractivity (Wildman–Crippen MR) is 60.9 cm³/mol. The Morgan fingerprint density at radius 2 is 2.31 bits per heavy atom. The topological polar surface area (TPSA) is 15.3 Å². The van der Waals surface area contributed by atoms with Gasteiger partial charge in [-0.25, -0.2) is 0 Å². The third-order valence-electron chi connectivity index (χ3n) is 2.08. The molecule has 0 unspecified atom stereocenters. The van der Waals surface area contributed by atoms with Gasteiger partial charge in [-0.05, 0) is 33.0 Å². The third-order valence-corrected chi connectivity index (χ3v) is 2.93. The van der Waals surface area contributed by atoms with Crippen LogP contribution in [0.4, 0.5) is 5.69 Å². The van der Waals surface area contributed by atoms with Gasteiger partial charge < -0.3 is 10.2 Å². The van der Waals surface area contributed by atoms with Crippen molar-refractivity contribution in [2.45, 2.75) is 13.3 Å². The Kier molecular flexibility index (Phi) is 4.25. The molecule has 0 atom stereocenters. The Labute approximate surface area is 84.6 Å². The van der Waals surface area contributed by atoms with Crippen molar-refractivity contribution in [3.8, 4) is 0 Å². The predicted octanol–water partition coefficient (Wildman–Crippen LogP) is 2.10. The molecule has 13 heavy (non-hydrogen) atoms. The summed E-state index contributed by atoms with van der Waals surface area (Å²) < 4.78 is 0. The second kappa shape index (κ2) is 5.25. The largest absolute Gasteiger partial charge is 0.374 e. The van der Waals surface area contributed by atoms with Crippen molar-refractivity contribution in [2.75, 3.05) is 32.1 Å². The lowest BCUT2D eigenvalue weighted by molar-refractivity contribution is 0.713. The lowest BCUT2D eigenvalue weighted by atomic mass is 10.3. The van der Waals surface area contributed by atoms with Crippen LogP contribution in [0.5, 0.6) is 0 Å². The molecule has 0 aliphatic carbocycles. The first-order valence-corrected chi connectivity index (χ1v) is 5.53. The van der Waals surface area contributed by atoms with Crippen LogP contribution in [0.1, 0.15) is 11.3 Å². The summed E-state index contributed by atoms with van der Waals surface area (Å²) in [4.78, 5) is 3.69. The SMILES string of the molecule is CNCCCN(C)c1csc(C)c1. The first-order valence-electron chi connectivity index (χ1n) is 4.65. The summed E-state index contributed by atoms with van der Waals surface area (Å²) in [5, 5.41) is 5.37. The standard InChI is InChI=1S/C10H18N2S/c1-9-7-10(8-13-9)12(3)6-4-5-11-2/h7-8,11H,4-6H2,1-3H3. The van der Waals surface area contributed by atoms with Gasteiger partial charge in [0.05, 0.1) is 0 Å². The fourth-order valence-corrected chi connectivity index (χ4v) is 2.00. The zero-order valence-corrected chi connectivity index (χ0v) is 9.45. The molecule has 0 saturated carbocycles. The Bertz CT molecular complexity index is 245. The normalized spacial score (nSPS) is 10.4. The number of rotatable bonds is 5. The summed E-state index contributed by atoms with van der Waals surface area (Å²) in [6, 6.07) is 2.24. The van der Waals surface area contributed by atoms with Crippen LogP contribution in [-0.2, 0) is 0 Å². The minimum atomic E-state index is 1.09. The second-order valence-electron chi connectivity index (χ2n) is 3.29. The summed E-state index contributed by atoms with van der Waals surface area (Å²) in [6.07, 6.45) is 1.20. The molecule has 1 aromatic rings. The van der Waals surface area contributed by atoms with Crippen LogP contribution < -0.4 is 10.2 Å². The molecular weight excluding hydrogens is 180 g/mol.